The van der Waals surface area contributed by atoms with Crippen LogP contribution in [0.15, 0.2) is 35.4 Å². The molecule has 0 aliphatic heterocycles. The first kappa shape index (κ1) is 11.5. The van der Waals surface area contributed by atoms with Gasteiger partial charge in [0.1, 0.15) is 15.5 Å². The van der Waals surface area contributed by atoms with E-state index in [0.29, 0.717) is 15.2 Å². The van der Waals surface area contributed by atoms with Crippen molar-refractivity contribution in [2.24, 2.45) is 0 Å². The minimum atomic E-state index is -0.243. The number of H-pyrrole nitrogens is 1. The molecule has 0 bridgehead atoms. The smallest absolute Gasteiger partial charge is 0.277 e. The Morgan fingerprint density at radius 2 is 2.10 bits per heavy atom. The van der Waals surface area contributed by atoms with Gasteiger partial charge in [0.25, 0.3) is 11.5 Å². The highest BCUT2D eigenvalue weighted by Crippen LogP contribution is 2.17. The highest BCUT2D eigenvalue weighted by atomic mass is 127. The molecule has 0 fully saturated rings. The number of rotatable bonds is 1. The van der Waals surface area contributed by atoms with Gasteiger partial charge in [-0.25, -0.2) is 4.98 Å². The van der Waals surface area contributed by atoms with E-state index in [9.17, 15) is 4.79 Å². The molecule has 20 heavy (non-hydrogen) atoms. The Kier molecular flexibility index (Phi) is 2.36. The Bertz CT molecular complexity index is 999. The number of aromatic amines is 1. The Morgan fingerprint density at radius 1 is 1.25 bits per heavy atom. The van der Waals surface area contributed by atoms with Gasteiger partial charge in [0, 0.05) is 0 Å². The van der Waals surface area contributed by atoms with Crippen LogP contribution in [-0.2, 0) is 0 Å². The van der Waals surface area contributed by atoms with Crippen molar-refractivity contribution in [1.82, 2.24) is 34.6 Å². The van der Waals surface area contributed by atoms with Gasteiger partial charge < -0.3 is 4.98 Å². The van der Waals surface area contributed by atoms with Crippen LogP contribution in [0.5, 0.6) is 0 Å². The number of hydrogen-bond acceptors (Lipinski definition) is 5. The number of fused-ring (bicyclic) bond motifs is 2. The Labute approximate surface area is 124 Å². The molecule has 0 amide bonds. The first-order valence-corrected chi connectivity index (χ1v) is 6.76. The fraction of sp³-hybridized carbons (Fsp3) is 0. The lowest BCUT2D eigenvalue weighted by atomic mass is 10.3. The SMILES string of the molecule is O=c1[nH]cnn2c(-n3nnc4ccccc43)nc(I)c12. The van der Waals surface area contributed by atoms with Crippen molar-refractivity contribution in [3.63, 3.8) is 0 Å². The second kappa shape index (κ2) is 4.10. The molecular formula is C11H6IN7O. The summed E-state index contributed by atoms with van der Waals surface area (Å²) in [5, 5.41) is 12.3. The number of nitrogens with zero attached hydrogens (tertiary/aromatic N) is 6. The number of hydrogen-bond donors (Lipinski definition) is 1. The van der Waals surface area contributed by atoms with Crippen molar-refractivity contribution in [2.75, 3.05) is 0 Å². The summed E-state index contributed by atoms with van der Waals surface area (Å²) in [6.45, 7) is 0. The molecule has 9 heteroatoms. The second-order valence-corrected chi connectivity index (χ2v) is 5.09. The highest BCUT2D eigenvalue weighted by Gasteiger charge is 2.17. The van der Waals surface area contributed by atoms with Crippen LogP contribution in [0.1, 0.15) is 0 Å². The number of imidazole rings is 1. The van der Waals surface area contributed by atoms with Gasteiger partial charge >= 0.3 is 0 Å². The molecule has 0 aliphatic carbocycles. The minimum absolute atomic E-state index is 0.243. The fourth-order valence-electron chi connectivity index (χ4n) is 2.04. The molecule has 0 radical (unpaired) electrons. The Hall–Kier alpha value is -2.30. The van der Waals surface area contributed by atoms with E-state index in [-0.39, 0.29) is 5.56 Å². The van der Waals surface area contributed by atoms with Gasteiger partial charge in [0.2, 0.25) is 0 Å². The summed E-state index contributed by atoms with van der Waals surface area (Å²) >= 11 is 2.00. The summed E-state index contributed by atoms with van der Waals surface area (Å²) in [5.41, 5.74) is 1.71. The number of para-hydroxylation sites is 1. The fourth-order valence-corrected chi connectivity index (χ4v) is 2.73. The molecule has 4 aromatic rings. The van der Waals surface area contributed by atoms with Gasteiger partial charge in [0.15, 0.2) is 5.52 Å². The summed E-state index contributed by atoms with van der Waals surface area (Å²) in [6.07, 6.45) is 1.33. The molecule has 1 aromatic carbocycles. The van der Waals surface area contributed by atoms with Crippen molar-refractivity contribution in [2.45, 2.75) is 0 Å². The van der Waals surface area contributed by atoms with Crippen molar-refractivity contribution in [3.8, 4) is 5.95 Å². The Morgan fingerprint density at radius 3 is 3.00 bits per heavy atom. The highest BCUT2D eigenvalue weighted by molar-refractivity contribution is 14.1. The lowest BCUT2D eigenvalue weighted by molar-refractivity contribution is 0.734. The molecule has 8 nitrogen and oxygen atoms in total. The first-order valence-electron chi connectivity index (χ1n) is 5.68. The monoisotopic (exact) mass is 379 g/mol. The van der Waals surface area contributed by atoms with Gasteiger partial charge in [-0.15, -0.1) is 5.10 Å². The number of halogens is 1. The summed E-state index contributed by atoms with van der Waals surface area (Å²) in [6, 6.07) is 7.53. The third kappa shape index (κ3) is 1.49. The average Bonchev–Trinajstić information content (AvgIpc) is 3.01. The summed E-state index contributed by atoms with van der Waals surface area (Å²) in [7, 11) is 0. The second-order valence-electron chi connectivity index (χ2n) is 4.07. The van der Waals surface area contributed by atoms with E-state index in [0.717, 1.165) is 11.0 Å². The van der Waals surface area contributed by atoms with E-state index < -0.39 is 0 Å². The number of aromatic nitrogens is 7. The van der Waals surface area contributed by atoms with Gasteiger partial charge in [-0.1, -0.05) is 17.3 Å². The molecule has 98 valence electrons. The Balaban J connectivity index is 2.13. The predicted octanol–water partition coefficient (Wildman–Crippen LogP) is 0.756. The molecule has 4 rings (SSSR count). The largest absolute Gasteiger partial charge is 0.310 e. The molecule has 0 aliphatic rings. The van der Waals surface area contributed by atoms with Gasteiger partial charge in [-0.2, -0.15) is 14.3 Å². The van der Waals surface area contributed by atoms with Crippen LogP contribution in [0.25, 0.3) is 22.5 Å². The zero-order chi connectivity index (χ0) is 13.7. The van der Waals surface area contributed by atoms with Crippen LogP contribution in [0.2, 0.25) is 0 Å². The van der Waals surface area contributed by atoms with Gasteiger partial charge in [-0.05, 0) is 34.7 Å². The number of nitrogens with one attached hydrogen (secondary N) is 1. The van der Waals surface area contributed by atoms with E-state index in [2.05, 4.69) is 25.4 Å². The van der Waals surface area contributed by atoms with E-state index >= 15 is 0 Å². The van der Waals surface area contributed by atoms with Crippen molar-refractivity contribution >= 4 is 39.1 Å². The van der Waals surface area contributed by atoms with Gasteiger partial charge in [-0.3, -0.25) is 4.79 Å². The van der Waals surface area contributed by atoms with Crippen LogP contribution in [-0.4, -0.2) is 34.6 Å². The quantitative estimate of drug-likeness (QED) is 0.493. The van der Waals surface area contributed by atoms with Crippen LogP contribution < -0.4 is 5.56 Å². The maximum atomic E-state index is 11.8. The van der Waals surface area contributed by atoms with Crippen molar-refractivity contribution in [3.05, 3.63) is 44.6 Å². The average molecular weight is 379 g/mol. The lowest BCUT2D eigenvalue weighted by Crippen LogP contribution is -2.13. The van der Waals surface area contributed by atoms with Crippen LogP contribution >= 0.6 is 22.6 Å². The summed E-state index contributed by atoms with van der Waals surface area (Å²) in [4.78, 5) is 18.7. The topological polar surface area (TPSA) is 93.8 Å². The molecule has 0 saturated carbocycles. The van der Waals surface area contributed by atoms with Crippen molar-refractivity contribution < 1.29 is 0 Å². The molecule has 0 saturated heterocycles. The molecular weight excluding hydrogens is 373 g/mol. The van der Waals surface area contributed by atoms with Crippen LogP contribution in [0.4, 0.5) is 0 Å². The molecule has 0 spiro atoms. The van der Waals surface area contributed by atoms with Gasteiger partial charge in [0.05, 0.1) is 5.52 Å². The molecule has 1 N–H and O–H groups in total. The third-order valence-electron chi connectivity index (χ3n) is 2.92. The number of benzene rings is 1. The normalized spacial score (nSPS) is 11.4. The molecule has 3 aromatic heterocycles. The van der Waals surface area contributed by atoms with Crippen molar-refractivity contribution in [1.29, 1.82) is 0 Å². The minimum Gasteiger partial charge on any atom is -0.310 e. The third-order valence-corrected chi connectivity index (χ3v) is 3.67. The van der Waals surface area contributed by atoms with Crippen LogP contribution in [0.3, 0.4) is 0 Å². The zero-order valence-corrected chi connectivity index (χ0v) is 12.0. The summed E-state index contributed by atoms with van der Waals surface area (Å²) in [5.74, 6) is 0.434. The standard InChI is InChI=1S/C11H6IN7O/c12-9-8-10(20)13-5-14-19(8)11(15-9)18-7-4-2-1-3-6(7)16-17-18/h1-5H,(H,13,14,20). The lowest BCUT2D eigenvalue weighted by Gasteiger charge is -1.99. The van der Waals surface area contributed by atoms with E-state index in [1.54, 1.807) is 4.68 Å². The zero-order valence-electron chi connectivity index (χ0n) is 9.86. The molecule has 0 atom stereocenters. The van der Waals surface area contributed by atoms with Crippen LogP contribution in [0, 0.1) is 3.70 Å². The van der Waals surface area contributed by atoms with E-state index in [1.165, 1.54) is 10.8 Å². The van der Waals surface area contributed by atoms with E-state index in [4.69, 9.17) is 0 Å². The first-order chi connectivity index (χ1) is 9.75. The maximum Gasteiger partial charge on any atom is 0.277 e. The predicted molar refractivity (Wildman–Crippen MR) is 78.7 cm³/mol. The molecule has 3 heterocycles. The molecule has 0 unspecified atom stereocenters. The maximum absolute atomic E-state index is 11.8. The summed E-state index contributed by atoms with van der Waals surface area (Å²) < 4.78 is 3.59. The van der Waals surface area contributed by atoms with E-state index in [1.807, 2.05) is 46.9 Å².